The summed E-state index contributed by atoms with van der Waals surface area (Å²) in [5.74, 6) is -5.54. The standard InChI is InChI=1S/C64H114N4O34S2/c1-38(34-91-32-24-45(71)67-28-16-8-4-6-14-22-43(69)65-26-18-10-12-20-30-93-63-53(79)51(77)55(57(101-63)59(81)82)99-61-39(2)47(73)49(75)41(97-61)36-95-103(85,86)87)35-92-33-25-46(72)68-29-17-9-5-7-15-23-44(70)66-27-19-11-13-21-31-94-64-54(80)52(78)56(58(102-64)60(83)84)100-62-40(3)48(74)50(76)42(98-62)37-96-104(88,89)90/h38-42,47-58,61-64,73-80H,4-37H2,1-3H3,(H,65,69)(H,66,70)(H,67,71)(H,68,72)(H,81,82)(H,83,84)(H,85,86,87)(H,88,89,90). The number of aliphatic carboxylic acids is 2. The van der Waals surface area contributed by atoms with Crippen molar-refractivity contribution in [3.8, 4) is 0 Å². The fourth-order valence-corrected chi connectivity index (χ4v) is 12.3. The Balaban J connectivity index is 0.871. The van der Waals surface area contributed by atoms with Gasteiger partial charge in [0.25, 0.3) is 0 Å². The summed E-state index contributed by atoms with van der Waals surface area (Å²) < 4.78 is 126. The topological polar surface area (TPSA) is 572 Å². The van der Waals surface area contributed by atoms with E-state index in [4.69, 9.17) is 56.5 Å². The van der Waals surface area contributed by atoms with Gasteiger partial charge >= 0.3 is 32.7 Å². The number of hydrogen-bond donors (Lipinski definition) is 16. The van der Waals surface area contributed by atoms with Crippen molar-refractivity contribution in [1.29, 1.82) is 0 Å². The molecule has 4 fully saturated rings. The molecule has 4 heterocycles. The second kappa shape index (κ2) is 49.1. The van der Waals surface area contributed by atoms with Crippen molar-refractivity contribution in [3.63, 3.8) is 0 Å². The molecule has 16 N–H and O–H groups in total. The van der Waals surface area contributed by atoms with Gasteiger partial charge in [0.15, 0.2) is 37.4 Å². The molecule has 0 spiro atoms. The molecule has 4 aliphatic rings. The SMILES string of the molecule is CC(COCCC(=O)NCCCCCCCC(=O)NCCCCCCOC1OC(C(=O)O)C(OC2OC(COS(=O)(=O)O)C(O)C(O)C2C)C(O)C1O)COCCC(=O)NCCCCCCCC(=O)NCCCCCCOC1OC(C(=O)O)C(OC2OC(COS(=O)(=O)O)C(O)C(O)C2C)C(O)C1O. The van der Waals surface area contributed by atoms with E-state index in [2.05, 4.69) is 29.6 Å². The molecule has 4 aliphatic heterocycles. The van der Waals surface area contributed by atoms with Gasteiger partial charge in [-0.25, -0.2) is 18.0 Å². The maximum atomic E-state index is 12.3. The van der Waals surface area contributed by atoms with Gasteiger partial charge in [-0.2, -0.15) is 16.8 Å². The lowest BCUT2D eigenvalue weighted by Gasteiger charge is -2.45. The third-order valence-electron chi connectivity index (χ3n) is 17.8. The van der Waals surface area contributed by atoms with Crippen molar-refractivity contribution in [3.05, 3.63) is 0 Å². The van der Waals surface area contributed by atoms with E-state index in [1.165, 1.54) is 13.8 Å². The van der Waals surface area contributed by atoms with E-state index >= 15 is 0 Å². The zero-order valence-electron chi connectivity index (χ0n) is 59.3. The van der Waals surface area contributed by atoms with Gasteiger partial charge in [0, 0.05) is 82.8 Å². The second-order valence-electron chi connectivity index (χ2n) is 26.6. The minimum Gasteiger partial charge on any atom is -0.479 e. The molecule has 0 aromatic heterocycles. The molecular weight excluding hydrogens is 1430 g/mol. The number of amides is 4. The Bertz CT molecular complexity index is 2560. The zero-order valence-corrected chi connectivity index (χ0v) is 61.0. The minimum absolute atomic E-state index is 0.0344. The monoisotopic (exact) mass is 1550 g/mol. The zero-order chi connectivity index (χ0) is 76.9. The van der Waals surface area contributed by atoms with Crippen LogP contribution in [0.1, 0.15) is 162 Å². The summed E-state index contributed by atoms with van der Waals surface area (Å²) in [6.45, 7) is 6.24. The molecule has 104 heavy (non-hydrogen) atoms. The van der Waals surface area contributed by atoms with E-state index in [1.807, 2.05) is 6.92 Å². The smallest absolute Gasteiger partial charge is 0.397 e. The van der Waals surface area contributed by atoms with Crippen LogP contribution in [0.25, 0.3) is 0 Å². The minimum atomic E-state index is -4.95. The fraction of sp³-hybridized carbons (Fsp3) is 0.906. The first-order chi connectivity index (χ1) is 49.3. The number of aliphatic hydroxyl groups is 8. The Morgan fingerprint density at radius 1 is 0.385 bits per heavy atom. The van der Waals surface area contributed by atoms with Crippen LogP contribution in [0.4, 0.5) is 0 Å². The van der Waals surface area contributed by atoms with Crippen LogP contribution in [-0.4, -0.2) is 302 Å². The van der Waals surface area contributed by atoms with Gasteiger partial charge in [0.2, 0.25) is 23.6 Å². The highest BCUT2D eigenvalue weighted by molar-refractivity contribution is 7.81. The summed E-state index contributed by atoms with van der Waals surface area (Å²) in [6.07, 6.45) is -15.8. The van der Waals surface area contributed by atoms with E-state index in [1.54, 1.807) is 0 Å². The summed E-state index contributed by atoms with van der Waals surface area (Å²) in [4.78, 5) is 73.6. The third-order valence-corrected chi connectivity index (χ3v) is 18.7. The van der Waals surface area contributed by atoms with E-state index in [0.717, 1.165) is 77.0 Å². The molecule has 20 atom stereocenters. The van der Waals surface area contributed by atoms with Gasteiger partial charge in [-0.3, -0.25) is 28.3 Å². The highest BCUT2D eigenvalue weighted by Crippen LogP contribution is 2.35. The number of nitrogens with one attached hydrogen (secondary N) is 4. The van der Waals surface area contributed by atoms with Crippen molar-refractivity contribution >= 4 is 56.4 Å². The van der Waals surface area contributed by atoms with Crippen LogP contribution >= 0.6 is 0 Å². The number of rotatable bonds is 54. The van der Waals surface area contributed by atoms with Crippen LogP contribution in [0.3, 0.4) is 0 Å². The Labute approximate surface area is 606 Å². The molecule has 0 radical (unpaired) electrons. The summed E-state index contributed by atoms with van der Waals surface area (Å²) in [5, 5.41) is 116. The Hall–Kier alpha value is -4.16. The maximum Gasteiger partial charge on any atom is 0.397 e. The molecule has 20 unspecified atom stereocenters. The largest absolute Gasteiger partial charge is 0.479 e. The summed E-state index contributed by atoms with van der Waals surface area (Å²) in [7, 11) is -9.90. The Morgan fingerprint density at radius 2 is 0.692 bits per heavy atom. The van der Waals surface area contributed by atoms with Crippen LogP contribution < -0.4 is 21.3 Å². The first-order valence-corrected chi connectivity index (χ1v) is 38.5. The highest BCUT2D eigenvalue weighted by Gasteiger charge is 2.54. The molecule has 0 aromatic carbocycles. The molecule has 0 bridgehead atoms. The van der Waals surface area contributed by atoms with E-state index in [0.29, 0.717) is 90.8 Å². The number of carbonyl (C=O) groups is 6. The number of carboxylic acids is 2. The van der Waals surface area contributed by atoms with Crippen LogP contribution in [0.2, 0.25) is 0 Å². The van der Waals surface area contributed by atoms with Crippen molar-refractivity contribution < 1.29 is 162 Å². The van der Waals surface area contributed by atoms with E-state index in [-0.39, 0.29) is 68.8 Å². The van der Waals surface area contributed by atoms with Crippen molar-refractivity contribution in [2.75, 3.05) is 79.0 Å². The predicted octanol–water partition coefficient (Wildman–Crippen LogP) is -1.63. The van der Waals surface area contributed by atoms with Crippen LogP contribution in [0.5, 0.6) is 0 Å². The van der Waals surface area contributed by atoms with Gasteiger partial charge < -0.3 is 120 Å². The van der Waals surface area contributed by atoms with Gasteiger partial charge in [-0.15, -0.1) is 0 Å². The van der Waals surface area contributed by atoms with Gasteiger partial charge in [0.1, 0.15) is 61.0 Å². The molecular formula is C64H114N4O34S2. The van der Waals surface area contributed by atoms with Crippen LogP contribution in [0, 0.1) is 17.8 Å². The number of unbranched alkanes of at least 4 members (excludes halogenated alkanes) is 14. The normalized spacial score (nSPS) is 29.9. The maximum absolute atomic E-state index is 12.3. The second-order valence-corrected chi connectivity index (χ2v) is 28.8. The van der Waals surface area contributed by atoms with Gasteiger partial charge in [-0.05, 0) is 51.4 Å². The van der Waals surface area contributed by atoms with Crippen LogP contribution in [-0.2, 0) is 105 Å². The number of ether oxygens (including phenoxy) is 10. The van der Waals surface area contributed by atoms with Crippen LogP contribution in [0.15, 0.2) is 0 Å². The van der Waals surface area contributed by atoms with Crippen molar-refractivity contribution in [2.24, 2.45) is 17.8 Å². The fourth-order valence-electron chi connectivity index (χ4n) is 11.6. The molecule has 0 aliphatic carbocycles. The molecule has 0 saturated carbocycles. The number of hydrogen-bond acceptors (Lipinski definition) is 30. The first-order valence-electron chi connectivity index (χ1n) is 35.8. The van der Waals surface area contributed by atoms with E-state index in [9.17, 15) is 96.7 Å². The molecule has 38 nitrogen and oxygen atoms in total. The predicted molar refractivity (Wildman–Crippen MR) is 357 cm³/mol. The lowest BCUT2D eigenvalue weighted by Crippen LogP contribution is -2.64. The Kier molecular flexibility index (Phi) is 43.5. The molecule has 606 valence electrons. The number of carboxylic acid groups (broad SMARTS) is 2. The number of aliphatic hydroxyl groups excluding tert-OH is 8. The molecule has 4 amide bonds. The lowest BCUT2D eigenvalue weighted by atomic mass is 9.92. The summed E-state index contributed by atoms with van der Waals surface area (Å²) in [5.41, 5.74) is 0. The van der Waals surface area contributed by atoms with Gasteiger partial charge in [-0.1, -0.05) is 85.0 Å². The first kappa shape index (κ1) is 92.2. The van der Waals surface area contributed by atoms with Gasteiger partial charge in [0.05, 0.1) is 51.8 Å². The lowest BCUT2D eigenvalue weighted by molar-refractivity contribution is -0.346. The Morgan fingerprint density at radius 3 is 1.02 bits per heavy atom. The molecule has 0 aromatic rings. The molecule has 4 rings (SSSR count). The average molecular weight is 1550 g/mol. The summed E-state index contributed by atoms with van der Waals surface area (Å²) in [6, 6.07) is 0. The van der Waals surface area contributed by atoms with Crippen molar-refractivity contribution in [2.45, 2.75) is 273 Å². The quantitative estimate of drug-likeness (QED) is 0.0240. The molecule has 40 heteroatoms. The molecule has 4 saturated heterocycles. The third kappa shape index (κ3) is 35.0. The van der Waals surface area contributed by atoms with E-state index < -0.39 is 168 Å². The summed E-state index contributed by atoms with van der Waals surface area (Å²) >= 11 is 0. The average Bonchev–Trinajstić information content (AvgIpc) is 0.793. The van der Waals surface area contributed by atoms with Crippen molar-refractivity contribution in [1.82, 2.24) is 21.3 Å². The number of carbonyl (C=O) groups excluding carboxylic acids is 4. The highest BCUT2D eigenvalue weighted by atomic mass is 32.3.